The molecular weight excluding hydrogens is 263 g/mol. The number of halogens is 3. The van der Waals surface area contributed by atoms with Crippen LogP contribution in [-0.4, -0.2) is 6.04 Å². The van der Waals surface area contributed by atoms with E-state index in [1.807, 2.05) is 6.92 Å². The van der Waals surface area contributed by atoms with Crippen molar-refractivity contribution in [1.82, 2.24) is 0 Å². The second-order valence-electron chi connectivity index (χ2n) is 4.97. The van der Waals surface area contributed by atoms with Gasteiger partial charge in [-0.25, -0.2) is 13.2 Å². The lowest BCUT2D eigenvalue weighted by molar-refractivity contribution is 0.558. The molecule has 0 saturated heterocycles. The van der Waals surface area contributed by atoms with Gasteiger partial charge in [-0.3, -0.25) is 0 Å². The summed E-state index contributed by atoms with van der Waals surface area (Å²) in [5.41, 5.74) is 8.14. The molecular formula is C16H16F3N. The molecule has 0 aliphatic rings. The second-order valence-corrected chi connectivity index (χ2v) is 4.97. The Hall–Kier alpha value is -1.81. The maximum Gasteiger partial charge on any atom is 0.129 e. The van der Waals surface area contributed by atoms with E-state index in [0.29, 0.717) is 18.4 Å². The highest BCUT2D eigenvalue weighted by atomic mass is 19.1. The van der Waals surface area contributed by atoms with Crippen molar-refractivity contribution < 1.29 is 13.2 Å². The fraction of sp³-hybridized carbons (Fsp3) is 0.250. The first-order valence-corrected chi connectivity index (χ1v) is 6.40. The Morgan fingerprint density at radius 2 is 1.45 bits per heavy atom. The van der Waals surface area contributed by atoms with Crippen molar-refractivity contribution in [2.75, 3.05) is 0 Å². The summed E-state index contributed by atoms with van der Waals surface area (Å²) >= 11 is 0. The maximum absolute atomic E-state index is 13.5. The third-order valence-corrected chi connectivity index (χ3v) is 3.28. The molecule has 20 heavy (non-hydrogen) atoms. The van der Waals surface area contributed by atoms with Crippen LogP contribution in [0.1, 0.15) is 16.7 Å². The predicted octanol–water partition coefficient (Wildman–Crippen LogP) is 3.52. The molecule has 2 aromatic rings. The molecule has 2 N–H and O–H groups in total. The zero-order valence-electron chi connectivity index (χ0n) is 11.2. The molecule has 0 fully saturated rings. The second kappa shape index (κ2) is 6.09. The van der Waals surface area contributed by atoms with Crippen LogP contribution < -0.4 is 5.73 Å². The van der Waals surface area contributed by atoms with Crippen LogP contribution >= 0.6 is 0 Å². The van der Waals surface area contributed by atoms with Crippen molar-refractivity contribution in [1.29, 1.82) is 0 Å². The Morgan fingerprint density at radius 1 is 0.900 bits per heavy atom. The van der Waals surface area contributed by atoms with Gasteiger partial charge in [-0.1, -0.05) is 12.1 Å². The molecule has 0 heterocycles. The number of benzene rings is 2. The van der Waals surface area contributed by atoms with Gasteiger partial charge in [0.2, 0.25) is 0 Å². The molecule has 0 saturated carbocycles. The summed E-state index contributed by atoms with van der Waals surface area (Å²) in [4.78, 5) is 0. The Balaban J connectivity index is 2.07. The molecule has 0 aromatic heterocycles. The van der Waals surface area contributed by atoms with E-state index in [2.05, 4.69) is 0 Å². The third kappa shape index (κ3) is 3.61. The normalized spacial score (nSPS) is 12.4. The molecule has 0 aliphatic carbocycles. The number of aryl methyl sites for hydroxylation is 1. The van der Waals surface area contributed by atoms with Gasteiger partial charge in [0.15, 0.2) is 0 Å². The van der Waals surface area contributed by atoms with Crippen molar-refractivity contribution >= 4 is 0 Å². The highest BCUT2D eigenvalue weighted by Crippen LogP contribution is 2.16. The predicted molar refractivity (Wildman–Crippen MR) is 72.9 cm³/mol. The zero-order chi connectivity index (χ0) is 14.7. The molecule has 0 aliphatic heterocycles. The van der Waals surface area contributed by atoms with E-state index < -0.39 is 11.6 Å². The molecule has 0 spiro atoms. The van der Waals surface area contributed by atoms with Crippen molar-refractivity contribution in [2.45, 2.75) is 25.8 Å². The Morgan fingerprint density at radius 3 is 2.05 bits per heavy atom. The van der Waals surface area contributed by atoms with E-state index in [0.717, 1.165) is 17.2 Å². The fourth-order valence-corrected chi connectivity index (χ4v) is 2.21. The van der Waals surface area contributed by atoms with Crippen LogP contribution in [0.2, 0.25) is 0 Å². The van der Waals surface area contributed by atoms with E-state index in [-0.39, 0.29) is 11.9 Å². The van der Waals surface area contributed by atoms with E-state index >= 15 is 0 Å². The van der Waals surface area contributed by atoms with Crippen LogP contribution in [0.4, 0.5) is 13.2 Å². The zero-order valence-corrected chi connectivity index (χ0v) is 11.2. The largest absolute Gasteiger partial charge is 0.327 e. The first kappa shape index (κ1) is 14.6. The third-order valence-electron chi connectivity index (χ3n) is 3.28. The summed E-state index contributed by atoms with van der Waals surface area (Å²) < 4.78 is 39.4. The molecule has 0 bridgehead atoms. The Labute approximate surface area is 116 Å². The van der Waals surface area contributed by atoms with Crippen LogP contribution in [0.15, 0.2) is 36.4 Å². The average molecular weight is 279 g/mol. The first-order valence-electron chi connectivity index (χ1n) is 6.40. The fourth-order valence-electron chi connectivity index (χ4n) is 2.21. The molecule has 1 atom stereocenters. The van der Waals surface area contributed by atoms with Gasteiger partial charge in [-0.15, -0.1) is 0 Å². The standard InChI is InChI=1S/C16H16F3N/c1-10-6-13(17)4-2-11(10)7-15(20)8-12-3-5-14(18)9-16(12)19/h2-6,9,15H,7-8,20H2,1H3. The smallest absolute Gasteiger partial charge is 0.129 e. The highest BCUT2D eigenvalue weighted by Gasteiger charge is 2.11. The Kier molecular flexibility index (Phi) is 4.45. The summed E-state index contributed by atoms with van der Waals surface area (Å²) in [6, 6.07) is 7.68. The monoisotopic (exact) mass is 279 g/mol. The van der Waals surface area contributed by atoms with Crippen molar-refractivity contribution in [2.24, 2.45) is 5.73 Å². The van der Waals surface area contributed by atoms with Gasteiger partial charge < -0.3 is 5.73 Å². The van der Waals surface area contributed by atoms with Gasteiger partial charge in [0, 0.05) is 12.1 Å². The van der Waals surface area contributed by atoms with Crippen LogP contribution in [0, 0.1) is 24.4 Å². The maximum atomic E-state index is 13.5. The van der Waals surface area contributed by atoms with E-state index in [4.69, 9.17) is 5.73 Å². The minimum Gasteiger partial charge on any atom is -0.327 e. The van der Waals surface area contributed by atoms with Gasteiger partial charge in [-0.05, 0) is 54.7 Å². The van der Waals surface area contributed by atoms with Gasteiger partial charge >= 0.3 is 0 Å². The van der Waals surface area contributed by atoms with E-state index in [1.165, 1.54) is 24.3 Å². The lowest BCUT2D eigenvalue weighted by Crippen LogP contribution is -2.26. The van der Waals surface area contributed by atoms with Crippen molar-refractivity contribution in [3.05, 3.63) is 70.5 Å². The quantitative estimate of drug-likeness (QED) is 0.910. The van der Waals surface area contributed by atoms with Crippen LogP contribution in [-0.2, 0) is 12.8 Å². The summed E-state index contributed by atoms with van der Waals surface area (Å²) in [5.74, 6) is -1.48. The molecule has 1 unspecified atom stereocenters. The average Bonchev–Trinajstić information content (AvgIpc) is 2.36. The van der Waals surface area contributed by atoms with Gasteiger partial charge in [0.25, 0.3) is 0 Å². The number of hydrogen-bond donors (Lipinski definition) is 1. The lowest BCUT2D eigenvalue weighted by atomic mass is 9.96. The molecule has 0 radical (unpaired) electrons. The minimum absolute atomic E-state index is 0.288. The van der Waals surface area contributed by atoms with Crippen LogP contribution in [0.25, 0.3) is 0 Å². The van der Waals surface area contributed by atoms with Crippen LogP contribution in [0.3, 0.4) is 0 Å². The van der Waals surface area contributed by atoms with Gasteiger partial charge in [0.1, 0.15) is 17.5 Å². The SMILES string of the molecule is Cc1cc(F)ccc1CC(N)Cc1ccc(F)cc1F. The van der Waals surface area contributed by atoms with E-state index in [1.54, 1.807) is 6.07 Å². The van der Waals surface area contributed by atoms with Crippen molar-refractivity contribution in [3.63, 3.8) is 0 Å². The lowest BCUT2D eigenvalue weighted by Gasteiger charge is -2.14. The first-order chi connectivity index (χ1) is 9.45. The molecule has 1 nitrogen and oxygen atoms in total. The summed E-state index contributed by atoms with van der Waals surface area (Å²) in [6.07, 6.45) is 0.825. The van der Waals surface area contributed by atoms with Gasteiger partial charge in [-0.2, -0.15) is 0 Å². The number of nitrogens with two attached hydrogens (primary N) is 1. The molecule has 106 valence electrons. The summed E-state index contributed by atoms with van der Waals surface area (Å²) in [6.45, 7) is 1.81. The summed E-state index contributed by atoms with van der Waals surface area (Å²) in [7, 11) is 0. The minimum atomic E-state index is -0.603. The van der Waals surface area contributed by atoms with Crippen LogP contribution in [0.5, 0.6) is 0 Å². The molecule has 2 aromatic carbocycles. The highest BCUT2D eigenvalue weighted by molar-refractivity contribution is 5.28. The number of rotatable bonds is 4. The topological polar surface area (TPSA) is 26.0 Å². The molecule has 0 amide bonds. The van der Waals surface area contributed by atoms with E-state index in [9.17, 15) is 13.2 Å². The molecule has 4 heteroatoms. The Bertz CT molecular complexity index is 557. The van der Waals surface area contributed by atoms with Crippen molar-refractivity contribution in [3.8, 4) is 0 Å². The molecule has 2 rings (SSSR count). The summed E-state index contributed by atoms with van der Waals surface area (Å²) in [5, 5.41) is 0. The number of hydrogen-bond acceptors (Lipinski definition) is 1. The van der Waals surface area contributed by atoms with Gasteiger partial charge in [0.05, 0.1) is 0 Å².